The molecule has 0 saturated heterocycles. The summed E-state index contributed by atoms with van der Waals surface area (Å²) in [6.45, 7) is 0. The zero-order valence-corrected chi connectivity index (χ0v) is 33.1. The van der Waals surface area contributed by atoms with E-state index in [9.17, 15) is 0 Å². The second-order valence-electron chi connectivity index (χ2n) is 15.3. The summed E-state index contributed by atoms with van der Waals surface area (Å²) in [7, 11) is 0. The minimum atomic E-state index is 0.869. The molecule has 0 bridgehead atoms. The third-order valence-corrected chi connectivity index (χ3v) is 11.6. The van der Waals surface area contributed by atoms with Gasteiger partial charge in [-0.2, -0.15) is 0 Å². The van der Waals surface area contributed by atoms with Crippen LogP contribution in [0, 0.1) is 0 Å². The summed E-state index contributed by atoms with van der Waals surface area (Å²) in [5, 5.41) is 2.19. The molecule has 0 fully saturated rings. The van der Waals surface area contributed by atoms with Crippen LogP contribution >= 0.6 is 0 Å². The Balaban J connectivity index is 1.09. The van der Waals surface area contributed by atoms with Gasteiger partial charge < -0.3 is 4.42 Å². The summed E-state index contributed by atoms with van der Waals surface area (Å²) < 4.78 is 6.93. The molecule has 4 nitrogen and oxygen atoms in total. The summed E-state index contributed by atoms with van der Waals surface area (Å²) in [6.07, 6.45) is 11.1. The quantitative estimate of drug-likeness (QED) is 0.154. The lowest BCUT2D eigenvalue weighted by molar-refractivity contribution is 0.671. The summed E-state index contributed by atoms with van der Waals surface area (Å²) in [6, 6.07) is 67.1. The summed E-state index contributed by atoms with van der Waals surface area (Å²) in [5.41, 5.74) is 19.5. The molecule has 0 atom stereocenters. The van der Waals surface area contributed by atoms with Crippen molar-refractivity contribution in [1.82, 2.24) is 15.0 Å². The van der Waals surface area contributed by atoms with Crippen LogP contribution in [0.15, 0.2) is 230 Å². The Morgan fingerprint density at radius 2 is 0.639 bits per heavy atom. The van der Waals surface area contributed by atoms with Gasteiger partial charge >= 0.3 is 0 Å². The second kappa shape index (κ2) is 15.5. The van der Waals surface area contributed by atoms with Gasteiger partial charge in [0.05, 0.1) is 0 Å². The molecule has 0 radical (unpaired) electrons. The molecule has 4 heterocycles. The number of nitrogens with zero attached hydrogens (tertiary/aromatic N) is 3. The fourth-order valence-electron chi connectivity index (χ4n) is 8.47. The highest BCUT2D eigenvalue weighted by Crippen LogP contribution is 2.43. The van der Waals surface area contributed by atoms with Gasteiger partial charge in [0, 0.05) is 64.6 Å². The molecule has 0 unspecified atom stereocenters. The van der Waals surface area contributed by atoms with Crippen LogP contribution in [0.1, 0.15) is 0 Å². The first-order valence-electron chi connectivity index (χ1n) is 20.4. The lowest BCUT2D eigenvalue weighted by atomic mass is 9.89. The van der Waals surface area contributed by atoms with Gasteiger partial charge in [-0.25, -0.2) is 0 Å². The zero-order chi connectivity index (χ0) is 40.5. The minimum absolute atomic E-state index is 0.869. The van der Waals surface area contributed by atoms with Gasteiger partial charge in [0.1, 0.15) is 11.2 Å². The highest BCUT2D eigenvalue weighted by atomic mass is 16.3. The maximum absolute atomic E-state index is 6.93. The van der Waals surface area contributed by atoms with Crippen LogP contribution in [0.5, 0.6) is 0 Å². The molecule has 11 rings (SSSR count). The van der Waals surface area contributed by atoms with Crippen molar-refractivity contribution in [2.75, 3.05) is 0 Å². The van der Waals surface area contributed by atoms with Crippen molar-refractivity contribution in [2.45, 2.75) is 0 Å². The van der Waals surface area contributed by atoms with Gasteiger partial charge in [0.2, 0.25) is 0 Å². The Morgan fingerprint density at radius 1 is 0.246 bits per heavy atom. The standard InChI is InChI=1S/C57H37N3O/c1-2-7-44(8-3-1)52-10-4-12-54-55-13-5-11-53(57(55)61-56(52)54)51-35-48(45-9-6-26-60-37-45)34-50(36-51)49-32-46(40-18-14-38(15-19-40)42-22-27-58-28-23-42)31-47(33-49)41-20-16-39(17-21-41)43-24-29-59-30-25-43/h1-37H. The van der Waals surface area contributed by atoms with E-state index < -0.39 is 0 Å². The molecular weight excluding hydrogens is 743 g/mol. The monoisotopic (exact) mass is 779 g/mol. The minimum Gasteiger partial charge on any atom is -0.455 e. The number of pyridine rings is 3. The van der Waals surface area contributed by atoms with E-state index in [0.29, 0.717) is 0 Å². The molecule has 0 N–H and O–H groups in total. The van der Waals surface area contributed by atoms with Crippen LogP contribution in [0.2, 0.25) is 0 Å². The van der Waals surface area contributed by atoms with Crippen molar-refractivity contribution >= 4 is 21.9 Å². The van der Waals surface area contributed by atoms with Gasteiger partial charge in [-0.05, 0) is 139 Å². The molecule has 0 aliphatic rings. The third-order valence-electron chi connectivity index (χ3n) is 11.6. The fraction of sp³-hybridized carbons (Fsp3) is 0. The number of aromatic nitrogens is 3. The number of hydrogen-bond acceptors (Lipinski definition) is 4. The number of para-hydroxylation sites is 2. The first-order valence-corrected chi connectivity index (χ1v) is 20.4. The van der Waals surface area contributed by atoms with Crippen LogP contribution < -0.4 is 0 Å². The summed E-state index contributed by atoms with van der Waals surface area (Å²) >= 11 is 0. The molecule has 4 aromatic heterocycles. The first-order chi connectivity index (χ1) is 30.2. The Kier molecular flexibility index (Phi) is 9.14. The van der Waals surface area contributed by atoms with Gasteiger partial charge in [-0.1, -0.05) is 121 Å². The van der Waals surface area contributed by atoms with Crippen LogP contribution in [0.4, 0.5) is 0 Å². The first kappa shape index (κ1) is 35.9. The zero-order valence-electron chi connectivity index (χ0n) is 33.1. The Labute approximate surface area is 354 Å². The van der Waals surface area contributed by atoms with Crippen LogP contribution in [0.25, 0.3) is 111 Å². The van der Waals surface area contributed by atoms with E-state index in [0.717, 1.165) is 111 Å². The van der Waals surface area contributed by atoms with Crippen molar-refractivity contribution in [2.24, 2.45) is 0 Å². The van der Waals surface area contributed by atoms with Gasteiger partial charge in [0.25, 0.3) is 0 Å². The maximum Gasteiger partial charge on any atom is 0.143 e. The predicted octanol–water partition coefficient (Wildman–Crippen LogP) is 15.1. The van der Waals surface area contributed by atoms with Gasteiger partial charge in [-0.3, -0.25) is 15.0 Å². The van der Waals surface area contributed by atoms with Crippen LogP contribution in [-0.2, 0) is 0 Å². The molecule has 0 aliphatic carbocycles. The molecule has 61 heavy (non-hydrogen) atoms. The van der Waals surface area contributed by atoms with E-state index in [1.807, 2.05) is 73.6 Å². The number of rotatable bonds is 8. The average molecular weight is 780 g/mol. The SMILES string of the molecule is c1ccc(-c2cccc3c2oc2c(-c4cc(-c5cccnc5)cc(-c5cc(-c6ccc(-c7ccncc7)cc6)cc(-c6ccc(-c7ccncc7)cc6)c5)c4)cccc23)cc1. The number of hydrogen-bond donors (Lipinski definition) is 0. The highest BCUT2D eigenvalue weighted by molar-refractivity contribution is 6.13. The molecule has 0 spiro atoms. The molecule has 0 aliphatic heterocycles. The molecule has 286 valence electrons. The van der Waals surface area contributed by atoms with Crippen molar-refractivity contribution in [1.29, 1.82) is 0 Å². The van der Waals surface area contributed by atoms with Crippen molar-refractivity contribution in [3.05, 3.63) is 225 Å². The summed E-state index contributed by atoms with van der Waals surface area (Å²) in [4.78, 5) is 13.0. The predicted molar refractivity (Wildman–Crippen MR) is 251 cm³/mol. The second-order valence-corrected chi connectivity index (χ2v) is 15.3. The summed E-state index contributed by atoms with van der Waals surface area (Å²) in [5.74, 6) is 0. The number of furan rings is 1. The Bertz CT molecular complexity index is 3210. The van der Waals surface area contributed by atoms with E-state index >= 15 is 0 Å². The lowest BCUT2D eigenvalue weighted by Crippen LogP contribution is -1.90. The smallest absolute Gasteiger partial charge is 0.143 e. The molecule has 0 saturated carbocycles. The van der Waals surface area contributed by atoms with E-state index in [-0.39, 0.29) is 0 Å². The Morgan fingerprint density at radius 3 is 1.11 bits per heavy atom. The van der Waals surface area contributed by atoms with Crippen molar-refractivity contribution < 1.29 is 4.42 Å². The number of benzene rings is 7. The molecule has 0 amide bonds. The van der Waals surface area contributed by atoms with Gasteiger partial charge in [0.15, 0.2) is 0 Å². The lowest BCUT2D eigenvalue weighted by Gasteiger charge is -2.15. The van der Waals surface area contributed by atoms with Crippen molar-refractivity contribution in [3.63, 3.8) is 0 Å². The van der Waals surface area contributed by atoms with E-state index in [1.165, 1.54) is 0 Å². The molecule has 4 heteroatoms. The topological polar surface area (TPSA) is 51.8 Å². The molecular formula is C57H37N3O. The van der Waals surface area contributed by atoms with E-state index in [2.05, 4.69) is 167 Å². The third kappa shape index (κ3) is 6.96. The maximum atomic E-state index is 6.93. The normalized spacial score (nSPS) is 11.3. The average Bonchev–Trinajstić information content (AvgIpc) is 3.74. The Hall–Kier alpha value is -8.21. The number of fused-ring (bicyclic) bond motifs is 3. The van der Waals surface area contributed by atoms with E-state index in [4.69, 9.17) is 4.42 Å². The van der Waals surface area contributed by atoms with Crippen LogP contribution in [0.3, 0.4) is 0 Å². The van der Waals surface area contributed by atoms with Crippen LogP contribution in [-0.4, -0.2) is 15.0 Å². The van der Waals surface area contributed by atoms with E-state index in [1.54, 1.807) is 0 Å². The fourth-order valence-corrected chi connectivity index (χ4v) is 8.47. The van der Waals surface area contributed by atoms with Gasteiger partial charge in [-0.15, -0.1) is 0 Å². The molecule has 11 aromatic rings. The van der Waals surface area contributed by atoms with Crippen molar-refractivity contribution in [3.8, 4) is 89.0 Å². The molecule has 7 aromatic carbocycles. The highest BCUT2D eigenvalue weighted by Gasteiger charge is 2.18. The largest absolute Gasteiger partial charge is 0.455 e.